The van der Waals surface area contributed by atoms with Gasteiger partial charge in [0.15, 0.2) is 0 Å². The highest BCUT2D eigenvalue weighted by Crippen LogP contribution is 2.51. The van der Waals surface area contributed by atoms with Crippen LogP contribution in [0.2, 0.25) is 10.1 Å². The van der Waals surface area contributed by atoms with Gasteiger partial charge < -0.3 is 4.11 Å². The molecule has 0 heterocycles. The highest BCUT2D eigenvalue weighted by Gasteiger charge is 2.57. The molecule has 0 atom stereocenters. The zero-order chi connectivity index (χ0) is 13.5. The van der Waals surface area contributed by atoms with E-state index in [1.165, 1.54) is 0 Å². The molecule has 17 heavy (non-hydrogen) atoms. The molecule has 0 aromatic heterocycles. The lowest BCUT2D eigenvalue weighted by molar-refractivity contribution is 0.533. The molecule has 0 saturated carbocycles. The van der Waals surface area contributed by atoms with E-state index in [1.807, 2.05) is 65.8 Å². The molecule has 1 aromatic rings. The van der Waals surface area contributed by atoms with Gasteiger partial charge >= 0.3 is 0 Å². The van der Waals surface area contributed by atoms with Crippen molar-refractivity contribution in [3.8, 4) is 0 Å². The minimum Gasteiger partial charge on any atom is -0.307 e. The van der Waals surface area contributed by atoms with E-state index < -0.39 is 8.41 Å². The van der Waals surface area contributed by atoms with Gasteiger partial charge in [-0.2, -0.15) is 0 Å². The molecule has 0 bridgehead atoms. The zero-order valence-electron chi connectivity index (χ0n) is 11.6. The van der Waals surface area contributed by atoms with Crippen LogP contribution in [0.4, 0.5) is 4.11 Å². The monoisotopic (exact) mass is 270 g/mol. The number of benzene rings is 1. The van der Waals surface area contributed by atoms with Crippen LogP contribution in [0, 0.1) is 0 Å². The molecule has 1 aromatic carbocycles. The Kier molecular flexibility index (Phi) is 3.85. The Morgan fingerprint density at radius 3 is 1.71 bits per heavy atom. The zero-order valence-corrected chi connectivity index (χ0v) is 13.5. The van der Waals surface area contributed by atoms with Crippen molar-refractivity contribution in [2.45, 2.75) is 56.5 Å². The largest absolute Gasteiger partial charge is 0.307 e. The van der Waals surface area contributed by atoms with E-state index >= 15 is 4.11 Å². The van der Waals surface area contributed by atoms with Gasteiger partial charge in [-0.25, -0.2) is 0 Å². The average Bonchev–Trinajstić information content (AvgIpc) is 2.13. The normalized spacial score (nSPS) is 13.9. The van der Waals surface area contributed by atoms with Gasteiger partial charge in [0.25, 0.3) is 8.41 Å². The van der Waals surface area contributed by atoms with Crippen molar-refractivity contribution >= 4 is 26.2 Å². The summed E-state index contributed by atoms with van der Waals surface area (Å²) in [6.45, 7) is 12.0. The average molecular weight is 270 g/mol. The van der Waals surface area contributed by atoms with Gasteiger partial charge in [-0.15, -0.1) is 12.6 Å². The molecule has 0 nitrogen and oxygen atoms in total. The Balaban J connectivity index is 3.53. The van der Waals surface area contributed by atoms with Crippen molar-refractivity contribution in [3.63, 3.8) is 0 Å². The Morgan fingerprint density at radius 1 is 0.941 bits per heavy atom. The van der Waals surface area contributed by atoms with Crippen LogP contribution in [-0.2, 0) is 0 Å². The molecule has 0 amide bonds. The van der Waals surface area contributed by atoms with Gasteiger partial charge in [0.05, 0.1) is 0 Å². The van der Waals surface area contributed by atoms with Gasteiger partial charge in [-0.1, -0.05) is 59.7 Å². The lowest BCUT2D eigenvalue weighted by Gasteiger charge is -2.45. The minimum atomic E-state index is -3.15. The standard InChI is InChI=1S/C14H23FSSi/c1-13(2,3)17(15,14(4,5)6)12-10-8-7-9-11(12)16/h7-10,16H,1-6H3. The minimum absolute atomic E-state index is 0.343. The first-order valence-electron chi connectivity index (χ1n) is 5.99. The topological polar surface area (TPSA) is 0 Å². The molecule has 0 aliphatic heterocycles. The molecule has 0 unspecified atom stereocenters. The van der Waals surface area contributed by atoms with Crippen LogP contribution in [0.3, 0.4) is 0 Å². The number of rotatable bonds is 1. The highest BCUT2D eigenvalue weighted by atomic mass is 32.1. The maximum absolute atomic E-state index is 15.9. The summed E-state index contributed by atoms with van der Waals surface area (Å²) in [5.74, 6) is 0. The summed E-state index contributed by atoms with van der Waals surface area (Å²) in [7, 11) is -3.15. The molecule has 96 valence electrons. The van der Waals surface area contributed by atoms with Gasteiger partial charge in [-0.3, -0.25) is 0 Å². The first-order valence-corrected chi connectivity index (χ1v) is 8.32. The van der Waals surface area contributed by atoms with Crippen molar-refractivity contribution in [3.05, 3.63) is 24.3 Å². The van der Waals surface area contributed by atoms with E-state index in [0.29, 0.717) is 0 Å². The van der Waals surface area contributed by atoms with Crippen LogP contribution in [0.25, 0.3) is 0 Å². The maximum atomic E-state index is 15.9. The molecule has 0 aliphatic carbocycles. The van der Waals surface area contributed by atoms with Crippen molar-refractivity contribution in [2.75, 3.05) is 0 Å². The number of hydrogen-bond donors (Lipinski definition) is 1. The lowest BCUT2D eigenvalue weighted by atomic mass is 10.2. The molecule has 0 radical (unpaired) electrons. The van der Waals surface area contributed by atoms with Gasteiger partial charge in [0.2, 0.25) is 0 Å². The quantitative estimate of drug-likeness (QED) is 0.427. The third-order valence-electron chi connectivity index (χ3n) is 3.34. The second-order valence-electron chi connectivity index (χ2n) is 6.68. The summed E-state index contributed by atoms with van der Waals surface area (Å²) in [5.41, 5.74) is 0. The van der Waals surface area contributed by atoms with Gasteiger partial charge in [0, 0.05) is 4.90 Å². The van der Waals surface area contributed by atoms with Crippen LogP contribution in [0.15, 0.2) is 29.2 Å². The fourth-order valence-electron chi connectivity index (χ4n) is 2.70. The molecule has 0 aliphatic rings. The summed E-state index contributed by atoms with van der Waals surface area (Å²) >= 11 is 4.45. The number of hydrogen-bond acceptors (Lipinski definition) is 1. The van der Waals surface area contributed by atoms with E-state index in [4.69, 9.17) is 0 Å². The molecule has 0 spiro atoms. The fourth-order valence-corrected chi connectivity index (χ4v) is 7.95. The second kappa shape index (κ2) is 4.43. The van der Waals surface area contributed by atoms with Crippen LogP contribution in [0.1, 0.15) is 41.5 Å². The smallest absolute Gasteiger partial charge is 0.289 e. The van der Waals surface area contributed by atoms with E-state index in [-0.39, 0.29) is 10.1 Å². The molecule has 0 fully saturated rings. The molecule has 0 saturated heterocycles. The fraction of sp³-hybridized carbons (Fsp3) is 0.571. The maximum Gasteiger partial charge on any atom is 0.289 e. The Labute approximate surface area is 111 Å². The van der Waals surface area contributed by atoms with E-state index in [2.05, 4.69) is 12.6 Å². The van der Waals surface area contributed by atoms with Gasteiger partial charge in [-0.05, 0) is 21.3 Å². The van der Waals surface area contributed by atoms with Crippen LogP contribution in [-0.4, -0.2) is 8.41 Å². The van der Waals surface area contributed by atoms with Crippen molar-refractivity contribution in [1.82, 2.24) is 0 Å². The van der Waals surface area contributed by atoms with Crippen LogP contribution in [0.5, 0.6) is 0 Å². The summed E-state index contributed by atoms with van der Waals surface area (Å²) in [5, 5.41) is 0.136. The lowest BCUT2D eigenvalue weighted by Crippen LogP contribution is -2.58. The summed E-state index contributed by atoms with van der Waals surface area (Å²) in [6.07, 6.45) is 0. The van der Waals surface area contributed by atoms with Crippen LogP contribution >= 0.6 is 12.6 Å². The summed E-state index contributed by atoms with van der Waals surface area (Å²) in [4.78, 5) is 0.784. The van der Waals surface area contributed by atoms with Crippen molar-refractivity contribution in [2.24, 2.45) is 0 Å². The number of halogens is 1. The Hall–Kier alpha value is -0.283. The van der Waals surface area contributed by atoms with E-state index in [9.17, 15) is 0 Å². The first kappa shape index (κ1) is 14.8. The SMILES string of the molecule is CC(C)(C)[Si](F)(c1ccccc1S)C(C)(C)C. The third kappa shape index (κ3) is 2.45. The molecular weight excluding hydrogens is 247 g/mol. The first-order chi connectivity index (χ1) is 7.52. The highest BCUT2D eigenvalue weighted by molar-refractivity contribution is 7.80. The Morgan fingerprint density at radius 2 is 1.35 bits per heavy atom. The predicted octanol–water partition coefficient (Wildman–Crippen LogP) is 4.70. The third-order valence-corrected chi connectivity index (χ3v) is 9.25. The summed E-state index contributed by atoms with van der Waals surface area (Å²) < 4.78 is 15.9. The van der Waals surface area contributed by atoms with Gasteiger partial charge in [0.1, 0.15) is 0 Å². The molecule has 3 heteroatoms. The summed E-state index contributed by atoms with van der Waals surface area (Å²) in [6, 6.07) is 7.61. The Bertz CT molecular complexity index is 387. The van der Waals surface area contributed by atoms with E-state index in [0.717, 1.165) is 10.1 Å². The molecular formula is C14H23FSSi. The van der Waals surface area contributed by atoms with E-state index in [1.54, 1.807) is 0 Å². The predicted molar refractivity (Wildman–Crippen MR) is 79.6 cm³/mol. The van der Waals surface area contributed by atoms with Crippen molar-refractivity contribution in [1.29, 1.82) is 0 Å². The number of thiol groups is 1. The molecule has 0 N–H and O–H groups in total. The molecule has 1 rings (SSSR count). The van der Waals surface area contributed by atoms with Crippen LogP contribution < -0.4 is 5.19 Å². The van der Waals surface area contributed by atoms with Crippen molar-refractivity contribution < 1.29 is 4.11 Å². The second-order valence-corrected chi connectivity index (χ2v) is 12.0.